The third kappa shape index (κ3) is 6.94. The lowest BCUT2D eigenvalue weighted by Gasteiger charge is -2.19. The van der Waals surface area contributed by atoms with Gasteiger partial charge in [-0.1, -0.05) is 30.3 Å². The summed E-state index contributed by atoms with van der Waals surface area (Å²) in [5.41, 5.74) is 6.60. The average molecular weight is 265 g/mol. The van der Waals surface area contributed by atoms with Crippen molar-refractivity contribution < 1.29 is 14.3 Å². The summed E-state index contributed by atoms with van der Waals surface area (Å²) in [6.07, 6.45) is 0.486. The molecular formula is C15H23NO3. The van der Waals surface area contributed by atoms with Crippen LogP contribution in [0.5, 0.6) is 0 Å². The molecule has 1 atom stereocenters. The topological polar surface area (TPSA) is 61.5 Å². The van der Waals surface area contributed by atoms with E-state index in [2.05, 4.69) is 0 Å². The van der Waals surface area contributed by atoms with Crippen molar-refractivity contribution in [1.82, 2.24) is 0 Å². The highest BCUT2D eigenvalue weighted by Crippen LogP contribution is 2.06. The van der Waals surface area contributed by atoms with Gasteiger partial charge in [-0.05, 0) is 32.8 Å². The third-order valence-electron chi connectivity index (χ3n) is 2.46. The fourth-order valence-corrected chi connectivity index (χ4v) is 1.55. The second kappa shape index (κ2) is 7.26. The normalized spacial score (nSPS) is 13.1. The number of nitrogens with two attached hydrogens (primary N) is 1. The van der Waals surface area contributed by atoms with Crippen molar-refractivity contribution in [3.8, 4) is 0 Å². The molecule has 0 fully saturated rings. The van der Waals surface area contributed by atoms with Crippen molar-refractivity contribution in [2.45, 2.75) is 38.8 Å². The molecule has 4 nitrogen and oxygen atoms in total. The lowest BCUT2D eigenvalue weighted by atomic mass is 10.1. The highest BCUT2D eigenvalue weighted by atomic mass is 16.6. The predicted octanol–water partition coefficient (Wildman–Crippen LogP) is 1.91. The van der Waals surface area contributed by atoms with Crippen molar-refractivity contribution in [3.63, 3.8) is 0 Å². The van der Waals surface area contributed by atoms with Gasteiger partial charge in [-0.15, -0.1) is 0 Å². The van der Waals surface area contributed by atoms with Crippen molar-refractivity contribution >= 4 is 5.97 Å². The molecule has 19 heavy (non-hydrogen) atoms. The molecule has 0 unspecified atom stereocenters. The van der Waals surface area contributed by atoms with Crippen LogP contribution in [0.3, 0.4) is 0 Å². The van der Waals surface area contributed by atoms with Crippen LogP contribution in [0.4, 0.5) is 0 Å². The quantitative estimate of drug-likeness (QED) is 0.630. The minimum Gasteiger partial charge on any atom is -0.462 e. The van der Waals surface area contributed by atoms with Crippen LogP contribution in [-0.4, -0.2) is 30.8 Å². The van der Waals surface area contributed by atoms with Crippen LogP contribution in [-0.2, 0) is 20.7 Å². The van der Waals surface area contributed by atoms with Gasteiger partial charge in [0.1, 0.15) is 12.6 Å². The zero-order valence-corrected chi connectivity index (χ0v) is 11.9. The van der Waals surface area contributed by atoms with Gasteiger partial charge in [-0.25, -0.2) is 0 Å². The Morgan fingerprint density at radius 3 is 2.42 bits per heavy atom. The molecule has 0 aliphatic carbocycles. The van der Waals surface area contributed by atoms with Crippen LogP contribution in [0.1, 0.15) is 26.3 Å². The molecule has 0 saturated carbocycles. The van der Waals surface area contributed by atoms with Crippen molar-refractivity contribution in [1.29, 1.82) is 0 Å². The van der Waals surface area contributed by atoms with E-state index in [4.69, 9.17) is 15.2 Å². The van der Waals surface area contributed by atoms with E-state index in [0.29, 0.717) is 13.0 Å². The number of ether oxygens (including phenoxy) is 2. The first-order valence-electron chi connectivity index (χ1n) is 6.48. The fraction of sp³-hybridized carbons (Fsp3) is 0.533. The molecule has 106 valence electrons. The first kappa shape index (κ1) is 15.7. The molecule has 0 saturated heterocycles. The summed E-state index contributed by atoms with van der Waals surface area (Å²) < 4.78 is 10.5. The molecule has 0 bridgehead atoms. The first-order chi connectivity index (χ1) is 8.88. The summed E-state index contributed by atoms with van der Waals surface area (Å²) in [6.45, 7) is 6.48. The van der Waals surface area contributed by atoms with Crippen LogP contribution in [0.2, 0.25) is 0 Å². The Balaban J connectivity index is 2.26. The summed E-state index contributed by atoms with van der Waals surface area (Å²) in [5.74, 6) is -0.388. The second-order valence-corrected chi connectivity index (χ2v) is 5.42. The molecule has 1 rings (SSSR count). The summed E-state index contributed by atoms with van der Waals surface area (Å²) in [7, 11) is 0. The fourth-order valence-electron chi connectivity index (χ4n) is 1.55. The Bertz CT molecular complexity index is 384. The van der Waals surface area contributed by atoms with E-state index in [9.17, 15) is 4.79 Å². The van der Waals surface area contributed by atoms with E-state index in [0.717, 1.165) is 5.56 Å². The molecule has 0 spiro atoms. The second-order valence-electron chi connectivity index (χ2n) is 5.42. The Labute approximate surface area is 114 Å². The maximum atomic E-state index is 11.7. The minimum absolute atomic E-state index is 0.224. The highest BCUT2D eigenvalue weighted by molar-refractivity contribution is 5.75. The van der Waals surface area contributed by atoms with Gasteiger partial charge in [0.15, 0.2) is 0 Å². The molecule has 4 heteroatoms. The summed E-state index contributed by atoms with van der Waals surface area (Å²) in [4.78, 5) is 11.7. The molecule has 0 aromatic heterocycles. The maximum Gasteiger partial charge on any atom is 0.323 e. The van der Waals surface area contributed by atoms with Crippen LogP contribution in [0.25, 0.3) is 0 Å². The first-order valence-corrected chi connectivity index (χ1v) is 6.48. The van der Waals surface area contributed by atoms with Crippen molar-refractivity contribution in [3.05, 3.63) is 35.9 Å². The van der Waals surface area contributed by atoms with E-state index in [1.807, 2.05) is 51.1 Å². The zero-order chi connectivity index (χ0) is 14.3. The summed E-state index contributed by atoms with van der Waals surface area (Å²) in [5, 5.41) is 0. The zero-order valence-electron chi connectivity index (χ0n) is 11.9. The molecule has 0 amide bonds. The monoisotopic (exact) mass is 265 g/mol. The molecule has 2 N–H and O–H groups in total. The average Bonchev–Trinajstić information content (AvgIpc) is 2.34. The van der Waals surface area contributed by atoms with Crippen LogP contribution < -0.4 is 5.73 Å². The van der Waals surface area contributed by atoms with Gasteiger partial charge >= 0.3 is 5.97 Å². The smallest absolute Gasteiger partial charge is 0.323 e. The number of carbonyl (C=O) groups excluding carboxylic acids is 1. The van der Waals surface area contributed by atoms with Gasteiger partial charge in [0.2, 0.25) is 0 Å². The van der Waals surface area contributed by atoms with E-state index in [-0.39, 0.29) is 18.2 Å². The van der Waals surface area contributed by atoms with Crippen LogP contribution in [0.15, 0.2) is 30.3 Å². The lowest BCUT2D eigenvalue weighted by Crippen LogP contribution is -2.35. The van der Waals surface area contributed by atoms with Gasteiger partial charge in [-0.3, -0.25) is 4.79 Å². The maximum absolute atomic E-state index is 11.7. The van der Waals surface area contributed by atoms with Gasteiger partial charge in [0.05, 0.1) is 12.2 Å². The number of esters is 1. The van der Waals surface area contributed by atoms with Crippen molar-refractivity contribution in [2.24, 2.45) is 5.73 Å². The Hall–Kier alpha value is -1.39. The van der Waals surface area contributed by atoms with E-state index in [1.165, 1.54) is 0 Å². The van der Waals surface area contributed by atoms with Gasteiger partial charge in [-0.2, -0.15) is 0 Å². The predicted molar refractivity (Wildman–Crippen MR) is 74.8 cm³/mol. The third-order valence-corrected chi connectivity index (χ3v) is 2.46. The van der Waals surface area contributed by atoms with E-state index in [1.54, 1.807) is 0 Å². The number of carbonyl (C=O) groups is 1. The number of benzene rings is 1. The molecular weight excluding hydrogens is 242 g/mol. The number of hydrogen-bond donors (Lipinski definition) is 1. The standard InChI is InChI=1S/C15H23NO3/c1-15(2,3)19-10-9-18-14(17)13(16)11-12-7-5-4-6-8-12/h4-8,13H,9-11,16H2,1-3H3/t13-/m1/s1. The van der Waals surface area contributed by atoms with Crippen molar-refractivity contribution in [2.75, 3.05) is 13.2 Å². The largest absolute Gasteiger partial charge is 0.462 e. The number of rotatable bonds is 6. The minimum atomic E-state index is -0.628. The van der Waals surface area contributed by atoms with Crippen LogP contribution >= 0.6 is 0 Å². The van der Waals surface area contributed by atoms with Gasteiger partial charge in [0.25, 0.3) is 0 Å². The molecule has 0 heterocycles. The van der Waals surface area contributed by atoms with E-state index < -0.39 is 6.04 Å². The molecule has 1 aromatic rings. The van der Waals surface area contributed by atoms with E-state index >= 15 is 0 Å². The highest BCUT2D eigenvalue weighted by Gasteiger charge is 2.16. The SMILES string of the molecule is CC(C)(C)OCCOC(=O)[C@H](N)Cc1ccccc1. The van der Waals surface area contributed by atoms with Gasteiger partial charge in [0, 0.05) is 0 Å². The Morgan fingerprint density at radius 1 is 1.21 bits per heavy atom. The molecule has 0 aliphatic heterocycles. The molecule has 0 aliphatic rings. The molecule has 0 radical (unpaired) electrons. The Kier molecular flexibility index (Phi) is 5.99. The summed E-state index contributed by atoms with van der Waals surface area (Å²) >= 11 is 0. The Morgan fingerprint density at radius 2 is 1.84 bits per heavy atom. The summed E-state index contributed by atoms with van der Waals surface area (Å²) in [6, 6.07) is 9.02. The van der Waals surface area contributed by atoms with Crippen LogP contribution in [0, 0.1) is 0 Å². The number of hydrogen-bond acceptors (Lipinski definition) is 4. The van der Waals surface area contributed by atoms with Gasteiger partial charge < -0.3 is 15.2 Å². The lowest BCUT2D eigenvalue weighted by molar-refractivity contribution is -0.148. The molecule has 1 aromatic carbocycles.